The summed E-state index contributed by atoms with van der Waals surface area (Å²) < 4.78 is 0. The maximum atomic E-state index is 12.3. The van der Waals surface area contributed by atoms with E-state index in [9.17, 15) is 4.79 Å². The molecule has 2 saturated heterocycles. The number of rotatable bonds is 6. The molecule has 3 aliphatic rings. The van der Waals surface area contributed by atoms with E-state index in [4.69, 9.17) is 0 Å². The number of nitrogens with zero attached hydrogens (tertiary/aromatic N) is 3. The fourth-order valence-corrected chi connectivity index (χ4v) is 3.84. The van der Waals surface area contributed by atoms with Gasteiger partial charge in [0.05, 0.1) is 0 Å². The third kappa shape index (κ3) is 4.43. The number of piperazine rings is 1. The van der Waals surface area contributed by atoms with Crippen LogP contribution in [0.15, 0.2) is 0 Å². The third-order valence-electron chi connectivity index (χ3n) is 5.53. The zero-order chi connectivity index (χ0) is 14.5. The Morgan fingerprint density at radius 1 is 0.857 bits per heavy atom. The lowest BCUT2D eigenvalue weighted by molar-refractivity contribution is -0.133. The SMILES string of the molecule is O=C(CCCN1CCCC1)N1CCN(CC2CCC2)CC1. The molecule has 21 heavy (non-hydrogen) atoms. The van der Waals surface area contributed by atoms with E-state index in [0.717, 1.165) is 51.5 Å². The van der Waals surface area contributed by atoms with Crippen molar-refractivity contribution in [1.82, 2.24) is 14.7 Å². The van der Waals surface area contributed by atoms with Gasteiger partial charge in [-0.05, 0) is 57.7 Å². The first-order valence-electron chi connectivity index (χ1n) is 9.04. The van der Waals surface area contributed by atoms with Gasteiger partial charge in [-0.25, -0.2) is 0 Å². The molecule has 0 aromatic carbocycles. The molecular weight excluding hydrogens is 262 g/mol. The summed E-state index contributed by atoms with van der Waals surface area (Å²) in [5.74, 6) is 1.34. The summed E-state index contributed by atoms with van der Waals surface area (Å²) in [6.07, 6.45) is 8.76. The van der Waals surface area contributed by atoms with Gasteiger partial charge < -0.3 is 9.80 Å². The van der Waals surface area contributed by atoms with Gasteiger partial charge in [0, 0.05) is 39.1 Å². The first-order valence-corrected chi connectivity index (χ1v) is 9.04. The molecule has 1 aliphatic carbocycles. The van der Waals surface area contributed by atoms with Crippen LogP contribution in [0.25, 0.3) is 0 Å². The molecule has 4 heteroatoms. The highest BCUT2D eigenvalue weighted by Gasteiger charge is 2.25. The van der Waals surface area contributed by atoms with Gasteiger partial charge in [0.25, 0.3) is 0 Å². The van der Waals surface area contributed by atoms with Crippen molar-refractivity contribution in [2.24, 2.45) is 5.92 Å². The Hall–Kier alpha value is -0.610. The molecule has 0 unspecified atom stereocenters. The van der Waals surface area contributed by atoms with Crippen LogP contribution >= 0.6 is 0 Å². The average Bonchev–Trinajstić information content (AvgIpc) is 2.97. The number of amides is 1. The van der Waals surface area contributed by atoms with E-state index in [1.54, 1.807) is 0 Å². The van der Waals surface area contributed by atoms with Crippen molar-refractivity contribution in [3.63, 3.8) is 0 Å². The molecule has 4 nitrogen and oxygen atoms in total. The highest BCUT2D eigenvalue weighted by molar-refractivity contribution is 5.76. The molecule has 2 aliphatic heterocycles. The van der Waals surface area contributed by atoms with Crippen molar-refractivity contribution in [1.29, 1.82) is 0 Å². The van der Waals surface area contributed by atoms with E-state index in [-0.39, 0.29) is 0 Å². The summed E-state index contributed by atoms with van der Waals surface area (Å²) in [5.41, 5.74) is 0. The fourth-order valence-electron chi connectivity index (χ4n) is 3.84. The quantitative estimate of drug-likeness (QED) is 0.747. The van der Waals surface area contributed by atoms with Crippen LogP contribution in [-0.2, 0) is 4.79 Å². The van der Waals surface area contributed by atoms with Crippen LogP contribution in [0.2, 0.25) is 0 Å². The van der Waals surface area contributed by atoms with Gasteiger partial charge in [-0.2, -0.15) is 0 Å². The molecule has 1 amide bonds. The lowest BCUT2D eigenvalue weighted by atomic mass is 9.85. The number of hydrogen-bond donors (Lipinski definition) is 0. The van der Waals surface area contributed by atoms with E-state index in [1.807, 2.05) is 0 Å². The molecule has 3 rings (SSSR count). The maximum absolute atomic E-state index is 12.3. The molecule has 3 fully saturated rings. The first kappa shape index (κ1) is 15.3. The van der Waals surface area contributed by atoms with E-state index in [2.05, 4.69) is 14.7 Å². The van der Waals surface area contributed by atoms with Gasteiger partial charge in [0.2, 0.25) is 5.91 Å². The van der Waals surface area contributed by atoms with Crippen molar-refractivity contribution in [2.75, 3.05) is 52.4 Å². The number of carbonyl (C=O) groups is 1. The number of likely N-dealkylation sites (tertiary alicyclic amines) is 1. The van der Waals surface area contributed by atoms with E-state index < -0.39 is 0 Å². The number of hydrogen-bond acceptors (Lipinski definition) is 3. The van der Waals surface area contributed by atoms with Gasteiger partial charge in [0.15, 0.2) is 0 Å². The smallest absolute Gasteiger partial charge is 0.222 e. The van der Waals surface area contributed by atoms with Gasteiger partial charge in [-0.15, -0.1) is 0 Å². The Labute approximate surface area is 129 Å². The first-order chi connectivity index (χ1) is 10.3. The zero-order valence-electron chi connectivity index (χ0n) is 13.4. The van der Waals surface area contributed by atoms with Crippen LogP contribution in [0.4, 0.5) is 0 Å². The fraction of sp³-hybridized carbons (Fsp3) is 0.941. The van der Waals surface area contributed by atoms with Crippen LogP contribution in [-0.4, -0.2) is 73.0 Å². The minimum absolute atomic E-state index is 0.387. The molecule has 0 aromatic heterocycles. The van der Waals surface area contributed by atoms with Gasteiger partial charge >= 0.3 is 0 Å². The van der Waals surface area contributed by atoms with Crippen LogP contribution in [0.3, 0.4) is 0 Å². The summed E-state index contributed by atoms with van der Waals surface area (Å²) in [6, 6.07) is 0. The second-order valence-electron chi connectivity index (χ2n) is 7.13. The Bertz CT molecular complexity index is 329. The van der Waals surface area contributed by atoms with Gasteiger partial charge in [-0.3, -0.25) is 9.69 Å². The molecular formula is C17H31N3O. The monoisotopic (exact) mass is 293 g/mol. The van der Waals surface area contributed by atoms with E-state index in [0.29, 0.717) is 5.91 Å². The molecule has 1 saturated carbocycles. The summed E-state index contributed by atoms with van der Waals surface area (Å²) in [6.45, 7) is 8.97. The van der Waals surface area contributed by atoms with Gasteiger partial charge in [0.1, 0.15) is 0 Å². The van der Waals surface area contributed by atoms with E-state index >= 15 is 0 Å². The third-order valence-corrected chi connectivity index (χ3v) is 5.53. The van der Waals surface area contributed by atoms with Crippen LogP contribution in [0, 0.1) is 5.92 Å². The van der Waals surface area contributed by atoms with Crippen molar-refractivity contribution < 1.29 is 4.79 Å². The van der Waals surface area contributed by atoms with Crippen molar-refractivity contribution >= 4 is 5.91 Å². The Kier molecular flexibility index (Phi) is 5.53. The maximum Gasteiger partial charge on any atom is 0.222 e. The van der Waals surface area contributed by atoms with Gasteiger partial charge in [-0.1, -0.05) is 6.42 Å². The normalized spacial score (nSPS) is 25.2. The number of carbonyl (C=O) groups excluding carboxylic acids is 1. The summed E-state index contributed by atoms with van der Waals surface area (Å²) in [4.78, 5) is 19.4. The molecule has 0 spiro atoms. The summed E-state index contributed by atoms with van der Waals surface area (Å²) in [5, 5.41) is 0. The minimum atomic E-state index is 0.387. The van der Waals surface area contributed by atoms with Crippen molar-refractivity contribution in [3.8, 4) is 0 Å². The lowest BCUT2D eigenvalue weighted by Gasteiger charge is -2.38. The molecule has 2 heterocycles. The van der Waals surface area contributed by atoms with Crippen molar-refractivity contribution in [2.45, 2.75) is 44.9 Å². The average molecular weight is 293 g/mol. The predicted molar refractivity (Wildman–Crippen MR) is 85.3 cm³/mol. The lowest BCUT2D eigenvalue weighted by Crippen LogP contribution is -2.50. The Balaban J connectivity index is 1.28. The predicted octanol–water partition coefficient (Wildman–Crippen LogP) is 1.81. The molecule has 0 atom stereocenters. The van der Waals surface area contributed by atoms with E-state index in [1.165, 1.54) is 51.7 Å². The summed E-state index contributed by atoms with van der Waals surface area (Å²) >= 11 is 0. The largest absolute Gasteiger partial charge is 0.340 e. The molecule has 0 aromatic rings. The highest BCUT2D eigenvalue weighted by Crippen LogP contribution is 2.27. The van der Waals surface area contributed by atoms with Crippen molar-refractivity contribution in [3.05, 3.63) is 0 Å². The standard InChI is InChI=1S/C17H31N3O/c21-17(7-4-10-18-8-1-2-9-18)20-13-11-19(12-14-20)15-16-5-3-6-16/h16H,1-15H2. The second-order valence-corrected chi connectivity index (χ2v) is 7.13. The Morgan fingerprint density at radius 3 is 2.19 bits per heavy atom. The minimum Gasteiger partial charge on any atom is -0.340 e. The van der Waals surface area contributed by atoms with Crippen LogP contribution in [0.1, 0.15) is 44.9 Å². The molecule has 0 bridgehead atoms. The van der Waals surface area contributed by atoms with Crippen LogP contribution < -0.4 is 0 Å². The Morgan fingerprint density at radius 2 is 1.57 bits per heavy atom. The molecule has 0 N–H and O–H groups in total. The summed E-state index contributed by atoms with van der Waals surface area (Å²) in [7, 11) is 0. The van der Waals surface area contributed by atoms with Crippen LogP contribution in [0.5, 0.6) is 0 Å². The molecule has 0 radical (unpaired) electrons. The topological polar surface area (TPSA) is 26.8 Å². The molecule has 120 valence electrons. The zero-order valence-corrected chi connectivity index (χ0v) is 13.4. The highest BCUT2D eigenvalue weighted by atomic mass is 16.2. The second kappa shape index (κ2) is 7.59.